The van der Waals surface area contributed by atoms with E-state index in [1.54, 1.807) is 12.1 Å². The lowest BCUT2D eigenvalue weighted by atomic mass is 10.2. The first-order valence-corrected chi connectivity index (χ1v) is 10.8. The predicted molar refractivity (Wildman–Crippen MR) is 118 cm³/mol. The van der Waals surface area contributed by atoms with Crippen molar-refractivity contribution in [2.24, 2.45) is 0 Å². The second-order valence-corrected chi connectivity index (χ2v) is 7.93. The van der Waals surface area contributed by atoms with Crippen molar-refractivity contribution < 1.29 is 14.5 Å². The molecule has 0 bridgehead atoms. The minimum atomic E-state index is -0.515. The van der Waals surface area contributed by atoms with Crippen molar-refractivity contribution >= 4 is 39.9 Å². The van der Waals surface area contributed by atoms with E-state index in [1.807, 2.05) is 24.3 Å². The van der Waals surface area contributed by atoms with Crippen molar-refractivity contribution in [3.8, 4) is 0 Å². The van der Waals surface area contributed by atoms with Crippen molar-refractivity contribution in [1.29, 1.82) is 0 Å². The van der Waals surface area contributed by atoms with Gasteiger partial charge in [0.25, 0.3) is 5.69 Å². The lowest BCUT2D eigenvalue weighted by molar-refractivity contribution is -0.383. The molecule has 160 valence electrons. The highest BCUT2D eigenvalue weighted by Crippen LogP contribution is 2.27. The highest BCUT2D eigenvalue weighted by molar-refractivity contribution is 8.00. The molecule has 1 aliphatic rings. The van der Waals surface area contributed by atoms with Gasteiger partial charge in [0.05, 0.1) is 36.0 Å². The number of hydrogen-bond donors (Lipinski definition) is 1. The summed E-state index contributed by atoms with van der Waals surface area (Å²) in [5, 5.41) is 15.4. The standard InChI is InChI=1S/C21H21N5O4S/c27-20(23-17-7-3-4-8-18(17)26(28)29)14-31-21-15-5-1-2-6-16(15)22-19(24-21)13-25-9-11-30-12-10-25/h1-8H,9-14H2,(H,23,27). The highest BCUT2D eigenvalue weighted by Gasteiger charge is 2.17. The Kier molecular flexibility index (Phi) is 6.70. The van der Waals surface area contributed by atoms with Gasteiger partial charge in [-0.3, -0.25) is 19.8 Å². The summed E-state index contributed by atoms with van der Waals surface area (Å²) in [6.07, 6.45) is 0. The molecule has 31 heavy (non-hydrogen) atoms. The number of nitrogens with one attached hydrogen (secondary N) is 1. The van der Waals surface area contributed by atoms with Gasteiger partial charge in [-0.25, -0.2) is 9.97 Å². The van der Waals surface area contributed by atoms with Crippen LogP contribution in [-0.4, -0.2) is 57.8 Å². The number of aromatic nitrogens is 2. The molecule has 1 aliphatic heterocycles. The van der Waals surface area contributed by atoms with Gasteiger partial charge in [-0.05, 0) is 12.1 Å². The number of fused-ring (bicyclic) bond motifs is 1. The number of nitro groups is 1. The number of morpholine rings is 1. The van der Waals surface area contributed by atoms with Gasteiger partial charge in [0, 0.05) is 24.5 Å². The summed E-state index contributed by atoms with van der Waals surface area (Å²) in [6.45, 7) is 3.67. The van der Waals surface area contributed by atoms with Gasteiger partial charge in [0.15, 0.2) is 0 Å². The second-order valence-electron chi connectivity index (χ2n) is 6.96. The molecule has 0 aliphatic carbocycles. The predicted octanol–water partition coefficient (Wildman–Crippen LogP) is 3.10. The molecule has 0 spiro atoms. The van der Waals surface area contributed by atoms with Crippen molar-refractivity contribution in [2.75, 3.05) is 37.4 Å². The Labute approximate surface area is 183 Å². The molecule has 1 amide bonds. The number of carbonyl (C=O) groups excluding carboxylic acids is 1. The van der Waals surface area contributed by atoms with Gasteiger partial charge in [0.2, 0.25) is 5.91 Å². The largest absolute Gasteiger partial charge is 0.379 e. The molecule has 10 heteroatoms. The average molecular weight is 439 g/mol. The SMILES string of the molecule is O=C(CSc1nc(CN2CCOCC2)nc2ccccc12)Nc1ccccc1[N+](=O)[O-]. The smallest absolute Gasteiger partial charge is 0.292 e. The third-order valence-electron chi connectivity index (χ3n) is 4.80. The molecule has 0 unspecified atom stereocenters. The zero-order valence-corrected chi connectivity index (χ0v) is 17.5. The van der Waals surface area contributed by atoms with E-state index < -0.39 is 4.92 Å². The van der Waals surface area contributed by atoms with E-state index in [4.69, 9.17) is 9.72 Å². The molecule has 0 saturated carbocycles. The minimum Gasteiger partial charge on any atom is -0.379 e. The molecule has 1 N–H and O–H groups in total. The number of carbonyl (C=O) groups is 1. The van der Waals surface area contributed by atoms with Gasteiger partial charge in [-0.15, -0.1) is 0 Å². The number of benzene rings is 2. The molecule has 4 rings (SSSR count). The van der Waals surface area contributed by atoms with Gasteiger partial charge in [-0.1, -0.05) is 42.1 Å². The number of nitrogens with zero attached hydrogens (tertiary/aromatic N) is 4. The Hall–Kier alpha value is -3.08. The summed E-state index contributed by atoms with van der Waals surface area (Å²) in [5.41, 5.74) is 0.863. The van der Waals surface area contributed by atoms with Gasteiger partial charge < -0.3 is 10.1 Å². The molecule has 3 aromatic rings. The lowest BCUT2D eigenvalue weighted by Gasteiger charge is -2.25. The summed E-state index contributed by atoms with van der Waals surface area (Å²) < 4.78 is 5.40. The number of amides is 1. The Balaban J connectivity index is 1.49. The summed E-state index contributed by atoms with van der Waals surface area (Å²) in [6, 6.07) is 13.8. The van der Waals surface area contributed by atoms with Crippen LogP contribution >= 0.6 is 11.8 Å². The first-order chi connectivity index (χ1) is 15.1. The third-order valence-corrected chi connectivity index (χ3v) is 5.79. The van der Waals surface area contributed by atoms with Gasteiger partial charge in [0.1, 0.15) is 16.5 Å². The molecular weight excluding hydrogens is 418 g/mol. The molecule has 0 radical (unpaired) electrons. The van der Waals surface area contributed by atoms with E-state index in [9.17, 15) is 14.9 Å². The fourth-order valence-electron chi connectivity index (χ4n) is 3.29. The maximum absolute atomic E-state index is 12.5. The number of hydrogen-bond acceptors (Lipinski definition) is 8. The maximum atomic E-state index is 12.5. The summed E-state index contributed by atoms with van der Waals surface area (Å²) >= 11 is 1.29. The van der Waals surface area contributed by atoms with Crippen molar-refractivity contribution in [2.45, 2.75) is 11.6 Å². The molecular formula is C21H21N5O4S. The average Bonchev–Trinajstić information content (AvgIpc) is 2.78. The Morgan fingerprint density at radius 1 is 1.13 bits per heavy atom. The van der Waals surface area contributed by atoms with Crippen molar-refractivity contribution in [3.63, 3.8) is 0 Å². The number of rotatable bonds is 7. The highest BCUT2D eigenvalue weighted by atomic mass is 32.2. The van der Waals surface area contributed by atoms with Gasteiger partial charge >= 0.3 is 0 Å². The van der Waals surface area contributed by atoms with Crippen LogP contribution < -0.4 is 5.32 Å². The summed E-state index contributed by atoms with van der Waals surface area (Å²) in [4.78, 5) is 34.7. The van der Waals surface area contributed by atoms with E-state index in [-0.39, 0.29) is 23.0 Å². The Bertz CT molecular complexity index is 1100. The van der Waals surface area contributed by atoms with Crippen LogP contribution in [0.5, 0.6) is 0 Å². The summed E-state index contributed by atoms with van der Waals surface area (Å²) in [5.74, 6) is 0.434. The van der Waals surface area contributed by atoms with E-state index in [2.05, 4.69) is 15.2 Å². The van der Waals surface area contributed by atoms with Crippen molar-refractivity contribution in [1.82, 2.24) is 14.9 Å². The first-order valence-electron chi connectivity index (χ1n) is 9.82. The zero-order valence-electron chi connectivity index (χ0n) is 16.7. The molecule has 2 aromatic carbocycles. The van der Waals surface area contributed by atoms with E-state index in [1.165, 1.54) is 23.9 Å². The number of nitro benzene ring substituents is 1. The van der Waals surface area contributed by atoms with Crippen LogP contribution in [-0.2, 0) is 16.1 Å². The monoisotopic (exact) mass is 439 g/mol. The van der Waals surface area contributed by atoms with Gasteiger partial charge in [-0.2, -0.15) is 0 Å². The number of thioether (sulfide) groups is 1. The van der Waals surface area contributed by atoms with Crippen LogP contribution in [0.2, 0.25) is 0 Å². The molecule has 1 fully saturated rings. The lowest BCUT2D eigenvalue weighted by Crippen LogP contribution is -2.36. The van der Waals surface area contributed by atoms with Crippen LogP contribution in [0.4, 0.5) is 11.4 Å². The second kappa shape index (κ2) is 9.82. The van der Waals surface area contributed by atoms with E-state index in [0.717, 1.165) is 24.0 Å². The number of ether oxygens (including phenoxy) is 1. The maximum Gasteiger partial charge on any atom is 0.292 e. The summed E-state index contributed by atoms with van der Waals surface area (Å²) in [7, 11) is 0. The molecule has 1 aromatic heterocycles. The molecule has 2 heterocycles. The normalized spacial score (nSPS) is 14.5. The fraction of sp³-hybridized carbons (Fsp3) is 0.286. The topological polar surface area (TPSA) is 110 Å². The van der Waals surface area contributed by atoms with Crippen LogP contribution in [0.3, 0.4) is 0 Å². The zero-order chi connectivity index (χ0) is 21.6. The molecule has 9 nitrogen and oxygen atoms in total. The van der Waals surface area contributed by atoms with Crippen molar-refractivity contribution in [3.05, 3.63) is 64.5 Å². The van der Waals surface area contributed by atoms with Crippen LogP contribution in [0.15, 0.2) is 53.6 Å². The third kappa shape index (κ3) is 5.35. The first kappa shape index (κ1) is 21.2. The quantitative estimate of drug-likeness (QED) is 0.259. The number of anilines is 1. The minimum absolute atomic E-state index is 0.0735. The van der Waals surface area contributed by atoms with Crippen LogP contribution in [0, 0.1) is 10.1 Å². The van der Waals surface area contributed by atoms with Crippen LogP contribution in [0.25, 0.3) is 10.9 Å². The Morgan fingerprint density at radius 3 is 2.68 bits per heavy atom. The Morgan fingerprint density at radius 2 is 1.87 bits per heavy atom. The van der Waals surface area contributed by atoms with E-state index in [0.29, 0.717) is 30.6 Å². The molecule has 0 atom stereocenters. The fourth-order valence-corrected chi connectivity index (χ4v) is 4.13. The van der Waals surface area contributed by atoms with E-state index >= 15 is 0 Å². The van der Waals surface area contributed by atoms with Crippen LogP contribution in [0.1, 0.15) is 5.82 Å². The number of para-hydroxylation sites is 3. The molecule has 1 saturated heterocycles.